The number of ether oxygens (including phenoxy) is 2. The highest BCUT2D eigenvalue weighted by Crippen LogP contribution is 2.24. The van der Waals surface area contributed by atoms with Crippen molar-refractivity contribution in [3.05, 3.63) is 93.7 Å². The van der Waals surface area contributed by atoms with Gasteiger partial charge in [-0.25, -0.2) is 4.68 Å². The molecular formula is C27H29N3O4. The minimum atomic E-state index is -0.148. The summed E-state index contributed by atoms with van der Waals surface area (Å²) in [5, 5.41) is 0. The number of carbonyl (C=O) groups excluding carboxylic acids is 1. The molecule has 7 heteroatoms. The molecule has 0 fully saturated rings. The molecule has 0 aliphatic heterocycles. The van der Waals surface area contributed by atoms with E-state index in [9.17, 15) is 9.59 Å². The maximum absolute atomic E-state index is 13.5. The van der Waals surface area contributed by atoms with Crippen LogP contribution in [-0.2, 0) is 7.05 Å². The van der Waals surface area contributed by atoms with Gasteiger partial charge in [-0.1, -0.05) is 18.2 Å². The molecule has 0 N–H and O–H groups in total. The van der Waals surface area contributed by atoms with Crippen molar-refractivity contribution in [2.45, 2.75) is 27.7 Å². The minimum Gasteiger partial charge on any atom is -0.494 e. The third-order valence-electron chi connectivity index (χ3n) is 5.98. The standard InChI is InChI=1S/C27H29N3O4/c1-6-33-22-12-14-23(15-13-22)34-17-25(31)24-16-18(2)29(19(24)3)26-20(4)28(5)30(27(26)32)21-10-8-7-9-11-21/h7-16H,6,17H2,1-5H3. The first-order valence-corrected chi connectivity index (χ1v) is 11.3. The fourth-order valence-corrected chi connectivity index (χ4v) is 4.23. The Bertz CT molecular complexity index is 1380. The highest BCUT2D eigenvalue weighted by atomic mass is 16.5. The predicted molar refractivity (Wildman–Crippen MR) is 132 cm³/mol. The summed E-state index contributed by atoms with van der Waals surface area (Å²) >= 11 is 0. The zero-order chi connectivity index (χ0) is 24.4. The van der Waals surface area contributed by atoms with E-state index in [2.05, 4.69) is 0 Å². The van der Waals surface area contributed by atoms with Crippen LogP contribution in [0.4, 0.5) is 0 Å². The molecule has 0 saturated carbocycles. The number of carbonyl (C=O) groups is 1. The normalized spacial score (nSPS) is 11.0. The molecule has 0 unspecified atom stereocenters. The third kappa shape index (κ3) is 4.17. The number of aryl methyl sites for hydroxylation is 1. The van der Waals surface area contributed by atoms with Gasteiger partial charge in [-0.3, -0.25) is 14.3 Å². The van der Waals surface area contributed by atoms with Gasteiger partial charge in [0.25, 0.3) is 5.56 Å². The Morgan fingerprint density at radius 1 is 0.882 bits per heavy atom. The Hall–Kier alpha value is -4.00. The molecule has 176 valence electrons. The summed E-state index contributed by atoms with van der Waals surface area (Å²) in [6.07, 6.45) is 0. The molecule has 0 aliphatic carbocycles. The van der Waals surface area contributed by atoms with Crippen molar-refractivity contribution in [1.29, 1.82) is 0 Å². The monoisotopic (exact) mass is 459 g/mol. The van der Waals surface area contributed by atoms with E-state index in [0.717, 1.165) is 22.8 Å². The molecule has 0 spiro atoms. The van der Waals surface area contributed by atoms with Crippen molar-refractivity contribution >= 4 is 5.78 Å². The van der Waals surface area contributed by atoms with E-state index >= 15 is 0 Å². The Morgan fingerprint density at radius 3 is 2.12 bits per heavy atom. The molecular weight excluding hydrogens is 430 g/mol. The molecule has 0 saturated heterocycles. The first kappa shape index (κ1) is 23.2. The lowest BCUT2D eigenvalue weighted by atomic mass is 10.1. The van der Waals surface area contributed by atoms with Gasteiger partial charge in [0.05, 0.1) is 18.0 Å². The lowest BCUT2D eigenvalue weighted by Crippen LogP contribution is -2.22. The zero-order valence-corrected chi connectivity index (χ0v) is 20.2. The van der Waals surface area contributed by atoms with Crippen LogP contribution in [0.15, 0.2) is 65.5 Å². The van der Waals surface area contributed by atoms with Crippen LogP contribution in [-0.4, -0.2) is 32.9 Å². The van der Waals surface area contributed by atoms with Gasteiger partial charge in [-0.05, 0) is 70.2 Å². The topological polar surface area (TPSA) is 67.4 Å². The maximum atomic E-state index is 13.5. The van der Waals surface area contributed by atoms with Crippen LogP contribution in [0.1, 0.15) is 34.4 Å². The molecule has 0 bridgehead atoms. The largest absolute Gasteiger partial charge is 0.494 e. The number of para-hydroxylation sites is 1. The van der Waals surface area contributed by atoms with E-state index in [4.69, 9.17) is 9.47 Å². The molecule has 4 rings (SSSR count). The van der Waals surface area contributed by atoms with E-state index in [0.29, 0.717) is 29.3 Å². The van der Waals surface area contributed by atoms with Crippen molar-refractivity contribution in [2.24, 2.45) is 7.05 Å². The highest BCUT2D eigenvalue weighted by molar-refractivity contribution is 5.98. The number of ketones is 1. The second-order valence-electron chi connectivity index (χ2n) is 8.15. The van der Waals surface area contributed by atoms with E-state index in [1.807, 2.05) is 92.5 Å². The Balaban J connectivity index is 1.63. The second kappa shape index (κ2) is 9.47. The van der Waals surface area contributed by atoms with Crippen LogP contribution in [0.3, 0.4) is 0 Å². The lowest BCUT2D eigenvalue weighted by molar-refractivity contribution is 0.0921. The van der Waals surface area contributed by atoms with Gasteiger partial charge in [-0.15, -0.1) is 0 Å². The van der Waals surface area contributed by atoms with Gasteiger partial charge < -0.3 is 14.0 Å². The third-order valence-corrected chi connectivity index (χ3v) is 5.98. The lowest BCUT2D eigenvalue weighted by Gasteiger charge is -2.09. The molecule has 2 heterocycles. The minimum absolute atomic E-state index is 0.0969. The van der Waals surface area contributed by atoms with E-state index in [-0.39, 0.29) is 17.9 Å². The first-order valence-electron chi connectivity index (χ1n) is 11.3. The van der Waals surface area contributed by atoms with Gasteiger partial charge in [0.15, 0.2) is 6.61 Å². The van der Waals surface area contributed by atoms with Gasteiger partial charge in [0, 0.05) is 24.0 Å². The molecule has 7 nitrogen and oxygen atoms in total. The molecule has 4 aromatic rings. The SMILES string of the molecule is CCOc1ccc(OCC(=O)c2cc(C)n(-c3c(C)n(C)n(-c4ccccc4)c3=O)c2C)cc1. The zero-order valence-electron chi connectivity index (χ0n) is 20.2. The summed E-state index contributed by atoms with van der Waals surface area (Å²) in [5.41, 5.74) is 4.05. The van der Waals surface area contributed by atoms with Crippen LogP contribution < -0.4 is 15.0 Å². The summed E-state index contributed by atoms with van der Waals surface area (Å²) in [6.45, 7) is 8.08. The average Bonchev–Trinajstić information content (AvgIpc) is 3.24. The Kier molecular flexibility index (Phi) is 6.45. The predicted octanol–water partition coefficient (Wildman–Crippen LogP) is 4.55. The molecule has 0 atom stereocenters. The summed E-state index contributed by atoms with van der Waals surface area (Å²) in [7, 11) is 1.86. The summed E-state index contributed by atoms with van der Waals surface area (Å²) in [6, 6.07) is 18.5. The number of aromatic nitrogens is 3. The van der Waals surface area contributed by atoms with E-state index in [1.165, 1.54) is 0 Å². The Labute approximate surface area is 198 Å². The van der Waals surface area contributed by atoms with Crippen LogP contribution in [0.2, 0.25) is 0 Å². The molecule has 34 heavy (non-hydrogen) atoms. The molecule has 2 aromatic carbocycles. The highest BCUT2D eigenvalue weighted by Gasteiger charge is 2.23. The van der Waals surface area contributed by atoms with Crippen LogP contribution in [0.25, 0.3) is 11.4 Å². The molecule has 0 radical (unpaired) electrons. The summed E-state index contributed by atoms with van der Waals surface area (Å²) in [4.78, 5) is 26.5. The van der Waals surface area contributed by atoms with Crippen LogP contribution >= 0.6 is 0 Å². The number of hydrogen-bond acceptors (Lipinski definition) is 4. The number of rotatable bonds is 8. The molecule has 2 aromatic heterocycles. The second-order valence-corrected chi connectivity index (χ2v) is 8.15. The number of hydrogen-bond donors (Lipinski definition) is 0. The van der Waals surface area contributed by atoms with Crippen LogP contribution in [0.5, 0.6) is 11.5 Å². The van der Waals surface area contributed by atoms with Crippen molar-refractivity contribution in [3.8, 4) is 22.9 Å². The van der Waals surface area contributed by atoms with Gasteiger partial charge in [0.2, 0.25) is 5.78 Å². The fourth-order valence-electron chi connectivity index (χ4n) is 4.23. The van der Waals surface area contributed by atoms with Gasteiger partial charge in [0.1, 0.15) is 17.2 Å². The fraction of sp³-hybridized carbons (Fsp3) is 0.259. The van der Waals surface area contributed by atoms with E-state index < -0.39 is 0 Å². The first-order chi connectivity index (χ1) is 16.3. The van der Waals surface area contributed by atoms with Gasteiger partial charge >= 0.3 is 0 Å². The van der Waals surface area contributed by atoms with Crippen molar-refractivity contribution in [1.82, 2.24) is 13.9 Å². The molecule has 0 aliphatic rings. The quantitative estimate of drug-likeness (QED) is 0.363. The van der Waals surface area contributed by atoms with Crippen molar-refractivity contribution < 1.29 is 14.3 Å². The van der Waals surface area contributed by atoms with Crippen molar-refractivity contribution in [2.75, 3.05) is 13.2 Å². The molecule has 0 amide bonds. The maximum Gasteiger partial charge on any atom is 0.295 e. The summed E-state index contributed by atoms with van der Waals surface area (Å²) in [5.74, 6) is 1.20. The number of benzene rings is 2. The smallest absolute Gasteiger partial charge is 0.295 e. The Morgan fingerprint density at radius 2 is 1.50 bits per heavy atom. The summed E-state index contributed by atoms with van der Waals surface area (Å²) < 4.78 is 16.5. The average molecular weight is 460 g/mol. The van der Waals surface area contributed by atoms with Crippen molar-refractivity contribution in [3.63, 3.8) is 0 Å². The van der Waals surface area contributed by atoms with Gasteiger partial charge in [-0.2, -0.15) is 0 Å². The number of Topliss-reactive ketones (excluding diaryl/α,β-unsaturated/α-hetero) is 1. The van der Waals surface area contributed by atoms with Crippen LogP contribution in [0, 0.1) is 20.8 Å². The number of nitrogens with zero attached hydrogens (tertiary/aromatic N) is 3. The van der Waals surface area contributed by atoms with E-state index in [1.54, 1.807) is 16.8 Å².